The maximum Gasteiger partial charge on any atom is 0.229 e. The molecular formula is C24H30N4O2. The molecule has 2 aliphatic heterocycles. The minimum atomic E-state index is -0.333. The molecule has 1 atom stereocenters. The Morgan fingerprint density at radius 3 is 2.23 bits per heavy atom. The third-order valence-corrected chi connectivity index (χ3v) is 6.16. The van der Waals surface area contributed by atoms with Crippen molar-refractivity contribution in [2.75, 3.05) is 54.9 Å². The highest BCUT2D eigenvalue weighted by atomic mass is 16.2. The highest BCUT2D eigenvalue weighted by Crippen LogP contribution is 2.27. The van der Waals surface area contributed by atoms with Crippen molar-refractivity contribution in [1.29, 1.82) is 0 Å². The van der Waals surface area contributed by atoms with Crippen molar-refractivity contribution in [2.24, 2.45) is 5.92 Å². The Labute approximate surface area is 178 Å². The van der Waals surface area contributed by atoms with E-state index in [2.05, 4.69) is 41.2 Å². The molecule has 2 aromatic rings. The van der Waals surface area contributed by atoms with E-state index in [0.29, 0.717) is 6.54 Å². The minimum absolute atomic E-state index is 0.00446. The summed E-state index contributed by atoms with van der Waals surface area (Å²) in [6.45, 7) is 6.68. The second-order valence-corrected chi connectivity index (χ2v) is 8.25. The predicted octanol–water partition coefficient (Wildman–Crippen LogP) is 2.99. The minimum Gasteiger partial charge on any atom is -0.369 e. The molecule has 4 rings (SSSR count). The van der Waals surface area contributed by atoms with E-state index in [1.165, 1.54) is 11.3 Å². The maximum atomic E-state index is 12.8. The van der Waals surface area contributed by atoms with Gasteiger partial charge in [-0.25, -0.2) is 0 Å². The number of nitrogens with zero attached hydrogens (tertiary/aromatic N) is 3. The molecule has 0 aromatic heterocycles. The first-order chi connectivity index (χ1) is 14.5. The van der Waals surface area contributed by atoms with Crippen LogP contribution in [0.3, 0.4) is 0 Å². The van der Waals surface area contributed by atoms with Gasteiger partial charge >= 0.3 is 0 Å². The Morgan fingerprint density at radius 2 is 1.60 bits per heavy atom. The Morgan fingerprint density at radius 1 is 0.967 bits per heavy atom. The molecule has 6 nitrogen and oxygen atoms in total. The van der Waals surface area contributed by atoms with Gasteiger partial charge in [0.15, 0.2) is 0 Å². The van der Waals surface area contributed by atoms with Gasteiger partial charge in [0, 0.05) is 56.2 Å². The van der Waals surface area contributed by atoms with Crippen LogP contribution in [0, 0.1) is 5.92 Å². The third kappa shape index (κ3) is 4.49. The monoisotopic (exact) mass is 406 g/mol. The number of hydrogen-bond donors (Lipinski definition) is 1. The first-order valence-corrected chi connectivity index (χ1v) is 10.8. The molecular weight excluding hydrogens is 376 g/mol. The van der Waals surface area contributed by atoms with Gasteiger partial charge in [-0.15, -0.1) is 0 Å². The van der Waals surface area contributed by atoms with Gasteiger partial charge in [0.25, 0.3) is 0 Å². The zero-order chi connectivity index (χ0) is 21.1. The zero-order valence-corrected chi connectivity index (χ0v) is 17.8. The zero-order valence-electron chi connectivity index (χ0n) is 17.8. The number of nitrogens with one attached hydrogen (secondary N) is 1. The standard InChI is InChI=1S/C24H30N4O2/c1-3-18-4-8-22(9-5-18)28-17-19(16-23(28)29)24(30)25-20-6-10-21(11-7-20)27-14-12-26(2)13-15-27/h4-11,19H,3,12-17H2,1-2H3,(H,25,30). The predicted molar refractivity (Wildman–Crippen MR) is 121 cm³/mol. The van der Waals surface area contributed by atoms with E-state index in [9.17, 15) is 9.59 Å². The third-order valence-electron chi connectivity index (χ3n) is 6.16. The lowest BCUT2D eigenvalue weighted by molar-refractivity contribution is -0.122. The van der Waals surface area contributed by atoms with Crippen molar-refractivity contribution in [3.8, 4) is 0 Å². The van der Waals surface area contributed by atoms with Gasteiger partial charge in [-0.05, 0) is 55.4 Å². The normalized spacial score (nSPS) is 19.9. The van der Waals surface area contributed by atoms with Crippen molar-refractivity contribution < 1.29 is 9.59 Å². The fourth-order valence-electron chi connectivity index (χ4n) is 4.11. The summed E-state index contributed by atoms with van der Waals surface area (Å²) in [5.41, 5.74) is 4.05. The van der Waals surface area contributed by atoms with Gasteiger partial charge in [-0.1, -0.05) is 19.1 Å². The van der Waals surface area contributed by atoms with Crippen LogP contribution in [-0.2, 0) is 16.0 Å². The van der Waals surface area contributed by atoms with Crippen LogP contribution in [0.15, 0.2) is 48.5 Å². The van der Waals surface area contributed by atoms with E-state index in [4.69, 9.17) is 0 Å². The Bertz CT molecular complexity index is 886. The number of likely N-dealkylation sites (N-methyl/N-ethyl adjacent to an activating group) is 1. The topological polar surface area (TPSA) is 55.9 Å². The lowest BCUT2D eigenvalue weighted by Crippen LogP contribution is -2.44. The van der Waals surface area contributed by atoms with Gasteiger partial charge in [-0.3, -0.25) is 9.59 Å². The Hall–Kier alpha value is -2.86. The van der Waals surface area contributed by atoms with E-state index >= 15 is 0 Å². The number of aryl methyl sites for hydroxylation is 1. The first kappa shape index (κ1) is 20.4. The van der Waals surface area contributed by atoms with Gasteiger partial charge in [0.1, 0.15) is 0 Å². The molecule has 1 N–H and O–H groups in total. The summed E-state index contributed by atoms with van der Waals surface area (Å²) in [7, 11) is 2.14. The molecule has 2 fully saturated rings. The van der Waals surface area contributed by atoms with E-state index in [-0.39, 0.29) is 24.2 Å². The van der Waals surface area contributed by atoms with Crippen molar-refractivity contribution in [2.45, 2.75) is 19.8 Å². The number of benzene rings is 2. The van der Waals surface area contributed by atoms with E-state index < -0.39 is 0 Å². The lowest BCUT2D eigenvalue weighted by Gasteiger charge is -2.34. The number of rotatable bonds is 5. The molecule has 2 saturated heterocycles. The van der Waals surface area contributed by atoms with Crippen molar-refractivity contribution in [3.05, 3.63) is 54.1 Å². The summed E-state index contributed by atoms with van der Waals surface area (Å²) < 4.78 is 0. The van der Waals surface area contributed by atoms with E-state index in [0.717, 1.165) is 44.0 Å². The summed E-state index contributed by atoms with van der Waals surface area (Å²) in [5.74, 6) is -0.422. The van der Waals surface area contributed by atoms with Crippen LogP contribution in [0.4, 0.5) is 17.1 Å². The molecule has 0 radical (unpaired) electrons. The molecule has 158 valence electrons. The summed E-state index contributed by atoms with van der Waals surface area (Å²) in [6, 6.07) is 16.0. The van der Waals surface area contributed by atoms with Crippen LogP contribution >= 0.6 is 0 Å². The van der Waals surface area contributed by atoms with Crippen LogP contribution in [0.25, 0.3) is 0 Å². The van der Waals surface area contributed by atoms with Gasteiger partial charge in [0.05, 0.1) is 5.92 Å². The number of carbonyl (C=O) groups is 2. The van der Waals surface area contributed by atoms with Crippen molar-refractivity contribution >= 4 is 28.9 Å². The van der Waals surface area contributed by atoms with Crippen LogP contribution in [0.5, 0.6) is 0 Å². The quantitative estimate of drug-likeness (QED) is 0.829. The summed E-state index contributed by atoms with van der Waals surface area (Å²) >= 11 is 0. The molecule has 2 aliphatic rings. The molecule has 0 saturated carbocycles. The molecule has 1 unspecified atom stereocenters. The van der Waals surface area contributed by atoms with E-state index in [1.54, 1.807) is 4.90 Å². The van der Waals surface area contributed by atoms with Crippen molar-refractivity contribution in [1.82, 2.24) is 4.90 Å². The molecule has 0 bridgehead atoms. The highest BCUT2D eigenvalue weighted by molar-refractivity contribution is 6.03. The van der Waals surface area contributed by atoms with E-state index in [1.807, 2.05) is 36.4 Å². The molecule has 0 aliphatic carbocycles. The molecule has 6 heteroatoms. The lowest BCUT2D eigenvalue weighted by atomic mass is 10.1. The van der Waals surface area contributed by atoms with Crippen LogP contribution in [0.2, 0.25) is 0 Å². The SMILES string of the molecule is CCc1ccc(N2CC(C(=O)Nc3ccc(N4CCN(C)CC4)cc3)CC2=O)cc1. The molecule has 0 spiro atoms. The smallest absolute Gasteiger partial charge is 0.229 e. The fourth-order valence-corrected chi connectivity index (χ4v) is 4.11. The number of anilines is 3. The summed E-state index contributed by atoms with van der Waals surface area (Å²) in [4.78, 5) is 31.6. The van der Waals surface area contributed by atoms with Gasteiger partial charge in [0.2, 0.25) is 11.8 Å². The number of piperazine rings is 1. The average molecular weight is 407 g/mol. The number of carbonyl (C=O) groups excluding carboxylic acids is 2. The van der Waals surface area contributed by atoms with Crippen molar-refractivity contribution in [3.63, 3.8) is 0 Å². The average Bonchev–Trinajstić information content (AvgIpc) is 3.17. The second-order valence-electron chi connectivity index (χ2n) is 8.25. The first-order valence-electron chi connectivity index (χ1n) is 10.8. The number of hydrogen-bond acceptors (Lipinski definition) is 4. The highest BCUT2D eigenvalue weighted by Gasteiger charge is 2.35. The van der Waals surface area contributed by atoms with Crippen LogP contribution in [0.1, 0.15) is 18.9 Å². The fraction of sp³-hybridized carbons (Fsp3) is 0.417. The van der Waals surface area contributed by atoms with Crippen LogP contribution < -0.4 is 15.1 Å². The second kappa shape index (κ2) is 8.88. The maximum absolute atomic E-state index is 12.8. The Balaban J connectivity index is 1.35. The summed E-state index contributed by atoms with van der Waals surface area (Å²) in [6.07, 6.45) is 1.22. The molecule has 2 amide bonds. The van der Waals surface area contributed by atoms with Gasteiger partial charge < -0.3 is 20.0 Å². The largest absolute Gasteiger partial charge is 0.369 e. The molecule has 2 aromatic carbocycles. The molecule has 30 heavy (non-hydrogen) atoms. The number of amides is 2. The van der Waals surface area contributed by atoms with Gasteiger partial charge in [-0.2, -0.15) is 0 Å². The Kier molecular flexibility index (Phi) is 6.04. The molecule has 2 heterocycles. The van der Waals surface area contributed by atoms with Crippen LogP contribution in [-0.4, -0.2) is 56.5 Å². The summed E-state index contributed by atoms with van der Waals surface area (Å²) in [5, 5.41) is 2.99.